The lowest BCUT2D eigenvalue weighted by atomic mass is 9.76. The van der Waals surface area contributed by atoms with Crippen molar-refractivity contribution in [1.82, 2.24) is 0 Å². The average Bonchev–Trinajstić information content (AvgIpc) is 2.75. The van der Waals surface area contributed by atoms with Gasteiger partial charge in [0.25, 0.3) is 0 Å². The minimum absolute atomic E-state index is 0.435. The Labute approximate surface area is 73.5 Å². The Kier molecular flexibility index (Phi) is 1.40. The highest BCUT2D eigenvalue weighted by molar-refractivity contribution is 5.13. The van der Waals surface area contributed by atoms with Gasteiger partial charge in [-0.05, 0) is 48.9 Å². The van der Waals surface area contributed by atoms with Crippen LogP contribution in [0.2, 0.25) is 0 Å². The minimum atomic E-state index is 0.435. The topological polar surface area (TPSA) is 20.2 Å². The molecule has 1 heteroatoms. The largest absolute Gasteiger partial charge is 0.396 e. The molecule has 2 saturated carbocycles. The molecule has 5 atom stereocenters. The second kappa shape index (κ2) is 2.35. The van der Waals surface area contributed by atoms with E-state index in [0.717, 1.165) is 23.7 Å². The molecule has 0 radical (unpaired) electrons. The first kappa shape index (κ1) is 7.14. The zero-order chi connectivity index (χ0) is 8.13. The lowest BCUT2D eigenvalue weighted by Crippen LogP contribution is -2.26. The summed E-state index contributed by atoms with van der Waals surface area (Å²) in [5.74, 6) is 4.26. The highest BCUT2D eigenvalue weighted by Crippen LogP contribution is 2.58. The lowest BCUT2D eigenvalue weighted by Gasteiger charge is -2.30. The molecule has 12 heavy (non-hydrogen) atoms. The van der Waals surface area contributed by atoms with Crippen molar-refractivity contribution in [3.05, 3.63) is 12.2 Å². The number of hydrogen-bond donors (Lipinski definition) is 1. The summed E-state index contributed by atoms with van der Waals surface area (Å²) in [6.45, 7) is 0.435. The van der Waals surface area contributed by atoms with Gasteiger partial charge in [-0.15, -0.1) is 0 Å². The van der Waals surface area contributed by atoms with E-state index in [0.29, 0.717) is 12.5 Å². The van der Waals surface area contributed by atoms with Crippen molar-refractivity contribution < 1.29 is 5.11 Å². The predicted molar refractivity (Wildman–Crippen MR) is 47.5 cm³/mol. The molecule has 1 N–H and O–H groups in total. The van der Waals surface area contributed by atoms with Gasteiger partial charge >= 0.3 is 0 Å². The van der Waals surface area contributed by atoms with Gasteiger partial charge in [0.05, 0.1) is 0 Å². The van der Waals surface area contributed by atoms with Crippen LogP contribution in [0.25, 0.3) is 0 Å². The number of aliphatic hydroxyl groups is 1. The third-order valence-electron chi connectivity index (χ3n) is 4.38. The first-order valence-corrected chi connectivity index (χ1v) is 5.17. The van der Waals surface area contributed by atoms with Crippen molar-refractivity contribution in [3.8, 4) is 0 Å². The highest BCUT2D eigenvalue weighted by atomic mass is 16.3. The summed E-state index contributed by atoms with van der Waals surface area (Å²) in [5, 5.41) is 9.19. The van der Waals surface area contributed by atoms with E-state index in [1.54, 1.807) is 0 Å². The molecule has 66 valence electrons. The summed E-state index contributed by atoms with van der Waals surface area (Å²) < 4.78 is 0. The van der Waals surface area contributed by atoms with Crippen molar-refractivity contribution in [1.29, 1.82) is 0 Å². The van der Waals surface area contributed by atoms with Crippen LogP contribution in [-0.2, 0) is 0 Å². The maximum atomic E-state index is 9.19. The molecule has 0 heterocycles. The molecule has 3 aliphatic rings. The van der Waals surface area contributed by atoms with Gasteiger partial charge in [0.2, 0.25) is 0 Å². The average molecular weight is 164 g/mol. The fourth-order valence-corrected chi connectivity index (χ4v) is 3.91. The summed E-state index contributed by atoms with van der Waals surface area (Å²) in [4.78, 5) is 0. The van der Waals surface area contributed by atoms with Crippen molar-refractivity contribution in [2.45, 2.75) is 19.3 Å². The Morgan fingerprint density at radius 2 is 2.17 bits per heavy atom. The smallest absolute Gasteiger partial charge is 0.0462 e. The Morgan fingerprint density at radius 3 is 3.00 bits per heavy atom. The summed E-state index contributed by atoms with van der Waals surface area (Å²) in [7, 11) is 0. The molecule has 0 saturated heterocycles. The monoisotopic (exact) mass is 164 g/mol. The molecular formula is C11H16O. The van der Waals surface area contributed by atoms with Gasteiger partial charge in [0.1, 0.15) is 0 Å². The third-order valence-corrected chi connectivity index (χ3v) is 4.38. The highest BCUT2D eigenvalue weighted by Gasteiger charge is 2.51. The summed E-state index contributed by atoms with van der Waals surface area (Å²) in [6, 6.07) is 0. The van der Waals surface area contributed by atoms with Crippen LogP contribution < -0.4 is 0 Å². The quantitative estimate of drug-likeness (QED) is 0.586. The molecule has 0 aromatic rings. The van der Waals surface area contributed by atoms with E-state index in [-0.39, 0.29) is 0 Å². The number of aliphatic hydroxyl groups excluding tert-OH is 1. The van der Waals surface area contributed by atoms with Crippen LogP contribution in [0.5, 0.6) is 0 Å². The Balaban J connectivity index is 1.86. The van der Waals surface area contributed by atoms with E-state index < -0.39 is 0 Å². The lowest BCUT2D eigenvalue weighted by molar-refractivity contribution is 0.128. The number of fused-ring (bicyclic) bond motifs is 5. The summed E-state index contributed by atoms with van der Waals surface area (Å²) >= 11 is 0. The molecule has 0 aliphatic heterocycles. The van der Waals surface area contributed by atoms with E-state index >= 15 is 0 Å². The van der Waals surface area contributed by atoms with Gasteiger partial charge in [-0.1, -0.05) is 12.2 Å². The first-order valence-electron chi connectivity index (χ1n) is 5.17. The number of allylic oxidation sites excluding steroid dienone is 2. The predicted octanol–water partition coefficient (Wildman–Crippen LogP) is 1.83. The molecule has 0 aromatic heterocycles. The molecule has 2 fully saturated rings. The third kappa shape index (κ3) is 0.731. The summed E-state index contributed by atoms with van der Waals surface area (Å²) in [5.41, 5.74) is 0. The summed E-state index contributed by atoms with van der Waals surface area (Å²) in [6.07, 6.45) is 8.79. The maximum Gasteiger partial charge on any atom is 0.0462 e. The maximum absolute atomic E-state index is 9.19. The zero-order valence-electron chi connectivity index (χ0n) is 7.32. The second-order valence-corrected chi connectivity index (χ2v) is 4.74. The van der Waals surface area contributed by atoms with Crippen LogP contribution >= 0.6 is 0 Å². The Bertz CT molecular complexity index is 219. The van der Waals surface area contributed by atoms with Crippen LogP contribution in [0.4, 0.5) is 0 Å². The number of rotatable bonds is 1. The van der Waals surface area contributed by atoms with Crippen LogP contribution in [0.3, 0.4) is 0 Å². The van der Waals surface area contributed by atoms with Gasteiger partial charge in [-0.2, -0.15) is 0 Å². The number of hydrogen-bond acceptors (Lipinski definition) is 1. The van der Waals surface area contributed by atoms with Crippen molar-refractivity contribution in [2.75, 3.05) is 6.61 Å². The fourth-order valence-electron chi connectivity index (χ4n) is 3.91. The van der Waals surface area contributed by atoms with Gasteiger partial charge in [-0.3, -0.25) is 0 Å². The first-order chi connectivity index (χ1) is 5.90. The second-order valence-electron chi connectivity index (χ2n) is 4.74. The standard InChI is InChI=1S/C11H16O/c12-6-8-4-7-5-11(8)10-3-1-2-9(7)10/h1-2,7-12H,3-6H2/t7?,8-,9?,10?,11?/m1/s1. The van der Waals surface area contributed by atoms with Crippen molar-refractivity contribution >= 4 is 0 Å². The minimum Gasteiger partial charge on any atom is -0.396 e. The SMILES string of the molecule is OC[C@H]1CC2CC1C1CC=CC21. The van der Waals surface area contributed by atoms with E-state index in [9.17, 15) is 5.11 Å². The van der Waals surface area contributed by atoms with Gasteiger partial charge in [0.15, 0.2) is 0 Å². The van der Waals surface area contributed by atoms with Gasteiger partial charge < -0.3 is 5.11 Å². The van der Waals surface area contributed by atoms with E-state index in [4.69, 9.17) is 0 Å². The van der Waals surface area contributed by atoms with Crippen LogP contribution in [0, 0.1) is 29.6 Å². The molecule has 2 bridgehead atoms. The Morgan fingerprint density at radius 1 is 1.25 bits per heavy atom. The molecular weight excluding hydrogens is 148 g/mol. The Hall–Kier alpha value is -0.300. The zero-order valence-corrected chi connectivity index (χ0v) is 7.32. The molecule has 4 unspecified atom stereocenters. The van der Waals surface area contributed by atoms with E-state index in [1.165, 1.54) is 19.3 Å². The van der Waals surface area contributed by atoms with Gasteiger partial charge in [-0.25, -0.2) is 0 Å². The molecule has 3 aliphatic carbocycles. The normalized spacial score (nSPS) is 54.9. The van der Waals surface area contributed by atoms with Crippen LogP contribution in [0.15, 0.2) is 12.2 Å². The van der Waals surface area contributed by atoms with Crippen LogP contribution in [0.1, 0.15) is 19.3 Å². The molecule has 0 amide bonds. The fraction of sp³-hybridized carbons (Fsp3) is 0.818. The van der Waals surface area contributed by atoms with E-state index in [1.807, 2.05) is 0 Å². The van der Waals surface area contributed by atoms with Gasteiger partial charge in [0, 0.05) is 6.61 Å². The van der Waals surface area contributed by atoms with Crippen molar-refractivity contribution in [2.24, 2.45) is 29.6 Å². The molecule has 0 aromatic carbocycles. The van der Waals surface area contributed by atoms with Crippen molar-refractivity contribution in [3.63, 3.8) is 0 Å². The van der Waals surface area contributed by atoms with Crippen LogP contribution in [-0.4, -0.2) is 11.7 Å². The molecule has 1 nitrogen and oxygen atoms in total. The van der Waals surface area contributed by atoms with E-state index in [2.05, 4.69) is 12.2 Å². The molecule has 3 rings (SSSR count). The molecule has 0 spiro atoms.